The van der Waals surface area contributed by atoms with Crippen molar-refractivity contribution in [2.24, 2.45) is 0 Å². The van der Waals surface area contributed by atoms with Crippen molar-refractivity contribution in [1.29, 1.82) is 0 Å². The molecule has 6 heteroatoms. The summed E-state index contributed by atoms with van der Waals surface area (Å²) in [6.45, 7) is 2.65. The Labute approximate surface area is 130 Å². The van der Waals surface area contributed by atoms with Crippen molar-refractivity contribution in [3.05, 3.63) is 24.3 Å². The summed E-state index contributed by atoms with van der Waals surface area (Å²) in [6.07, 6.45) is 7.01. The first-order valence-corrected chi connectivity index (χ1v) is 10.9. The fourth-order valence-corrected chi connectivity index (χ4v) is 4.86. The summed E-state index contributed by atoms with van der Waals surface area (Å²) in [4.78, 5) is 0. The van der Waals surface area contributed by atoms with Crippen LogP contribution in [-0.2, 0) is 4.52 Å². The van der Waals surface area contributed by atoms with Crippen LogP contribution in [0.4, 0.5) is 0 Å². The molecule has 0 bridgehead atoms. The molecule has 0 N–H and O–H groups in total. The number of benzene rings is 1. The third-order valence-corrected chi connectivity index (χ3v) is 6.09. The van der Waals surface area contributed by atoms with Gasteiger partial charge in [0.05, 0.1) is 0 Å². The van der Waals surface area contributed by atoms with Crippen LogP contribution in [0.3, 0.4) is 0 Å². The second kappa shape index (κ2) is 6.70. The average molecular weight is 339 g/mol. The summed E-state index contributed by atoms with van der Waals surface area (Å²) in [5, 5.41) is 0. The Kier molecular flexibility index (Phi) is 5.42. The number of unbranched alkanes of at least 4 members (excludes halogenated alkanes) is 5. The molecule has 1 aliphatic rings. The molecule has 0 amide bonds. The van der Waals surface area contributed by atoms with Crippen molar-refractivity contribution in [1.82, 2.24) is 0 Å². The van der Waals surface area contributed by atoms with Gasteiger partial charge in [-0.3, -0.25) is 0 Å². The number of hydrogen-bond donors (Lipinski definition) is 0. The van der Waals surface area contributed by atoms with Crippen LogP contribution in [0.25, 0.3) is 0 Å². The van der Waals surface area contributed by atoms with E-state index in [1.165, 1.54) is 25.7 Å². The van der Waals surface area contributed by atoms with E-state index < -0.39 is 5.99 Å². The Morgan fingerprint density at radius 1 is 0.950 bits per heavy atom. The molecule has 0 unspecified atom stereocenters. The number of hydrogen-bond acceptors (Lipinski definition) is 3. The van der Waals surface area contributed by atoms with E-state index in [1.54, 1.807) is 12.1 Å². The third kappa shape index (κ3) is 4.39. The minimum atomic E-state index is -4.00. The zero-order valence-electron chi connectivity index (χ0n) is 11.7. The molecule has 1 aromatic carbocycles. The number of rotatable bonds is 8. The van der Waals surface area contributed by atoms with Crippen LogP contribution in [0.1, 0.15) is 45.4 Å². The average Bonchev–Trinajstić information content (AvgIpc) is 2.69. The fraction of sp³-hybridized carbons (Fsp3) is 0.571. The second-order valence-corrected chi connectivity index (χ2v) is 11.0. The van der Waals surface area contributed by atoms with Gasteiger partial charge < -0.3 is 0 Å². The SMILES string of the molecule is CCCCCCCCOP1(Cl)(Cl)Oc2ccccc2O1. The molecule has 1 aliphatic heterocycles. The van der Waals surface area contributed by atoms with Crippen molar-refractivity contribution < 1.29 is 13.6 Å². The molecule has 0 saturated heterocycles. The summed E-state index contributed by atoms with van der Waals surface area (Å²) in [5.74, 6) is -2.92. The first kappa shape index (κ1) is 16.2. The van der Waals surface area contributed by atoms with Gasteiger partial charge in [0.25, 0.3) is 0 Å². The number of halogens is 2. The Hall–Kier alpha value is -0.210. The molecule has 3 nitrogen and oxygen atoms in total. The summed E-state index contributed by atoms with van der Waals surface area (Å²) in [7, 11) is 0. The monoisotopic (exact) mass is 338 g/mol. The molecule has 0 aromatic heterocycles. The van der Waals surface area contributed by atoms with Crippen molar-refractivity contribution >= 4 is 28.5 Å². The Morgan fingerprint density at radius 3 is 2.10 bits per heavy atom. The molecular weight excluding hydrogens is 318 g/mol. The molecule has 0 atom stereocenters. The molecule has 0 saturated carbocycles. The zero-order chi connectivity index (χ0) is 14.5. The van der Waals surface area contributed by atoms with E-state index in [4.69, 9.17) is 36.1 Å². The summed E-state index contributed by atoms with van der Waals surface area (Å²) < 4.78 is 16.7. The van der Waals surface area contributed by atoms with Crippen LogP contribution in [0.2, 0.25) is 0 Å². The third-order valence-electron chi connectivity index (χ3n) is 3.13. The van der Waals surface area contributed by atoms with Crippen molar-refractivity contribution in [3.8, 4) is 11.5 Å². The van der Waals surface area contributed by atoms with Crippen molar-refractivity contribution in [2.45, 2.75) is 45.4 Å². The summed E-state index contributed by atoms with van der Waals surface area (Å²) in [5.41, 5.74) is 0. The van der Waals surface area contributed by atoms with E-state index in [0.29, 0.717) is 18.1 Å². The minimum absolute atomic E-state index is 0.449. The van der Waals surface area contributed by atoms with E-state index in [-0.39, 0.29) is 0 Å². The van der Waals surface area contributed by atoms with Crippen LogP contribution in [0.5, 0.6) is 11.5 Å². The van der Waals surface area contributed by atoms with E-state index >= 15 is 0 Å². The Balaban J connectivity index is 1.75. The van der Waals surface area contributed by atoms with Crippen LogP contribution in [-0.4, -0.2) is 6.61 Å². The fourth-order valence-electron chi connectivity index (χ4n) is 2.07. The Morgan fingerprint density at radius 2 is 1.50 bits per heavy atom. The predicted molar refractivity (Wildman–Crippen MR) is 85.7 cm³/mol. The number of fused-ring (bicyclic) bond motifs is 1. The topological polar surface area (TPSA) is 27.7 Å². The van der Waals surface area contributed by atoms with E-state index in [0.717, 1.165) is 12.8 Å². The second-order valence-electron chi connectivity index (χ2n) is 4.93. The molecule has 1 heterocycles. The van der Waals surface area contributed by atoms with E-state index in [9.17, 15) is 0 Å². The first-order chi connectivity index (χ1) is 9.52. The van der Waals surface area contributed by atoms with Gasteiger partial charge in [-0.15, -0.1) is 0 Å². The van der Waals surface area contributed by atoms with Crippen LogP contribution in [0.15, 0.2) is 24.3 Å². The van der Waals surface area contributed by atoms with Gasteiger partial charge in [0, 0.05) is 0 Å². The molecule has 1 aromatic rings. The van der Waals surface area contributed by atoms with Gasteiger partial charge in [0.1, 0.15) is 0 Å². The molecule has 0 aliphatic carbocycles. The van der Waals surface area contributed by atoms with Gasteiger partial charge in [-0.1, -0.05) is 0 Å². The van der Waals surface area contributed by atoms with Crippen molar-refractivity contribution in [3.63, 3.8) is 0 Å². The quantitative estimate of drug-likeness (QED) is 0.403. The molecular formula is C14H21Cl2O3P. The molecule has 0 spiro atoms. The van der Waals surface area contributed by atoms with Crippen LogP contribution < -0.4 is 9.05 Å². The normalized spacial score (nSPS) is 20.2. The van der Waals surface area contributed by atoms with Gasteiger partial charge in [0.15, 0.2) is 0 Å². The van der Waals surface area contributed by atoms with Gasteiger partial charge in [-0.2, -0.15) is 0 Å². The van der Waals surface area contributed by atoms with E-state index in [1.807, 2.05) is 12.1 Å². The van der Waals surface area contributed by atoms with E-state index in [2.05, 4.69) is 6.92 Å². The predicted octanol–water partition coefficient (Wildman–Crippen LogP) is 6.44. The Bertz CT molecular complexity index is 425. The zero-order valence-corrected chi connectivity index (χ0v) is 14.1. The first-order valence-electron chi connectivity index (χ1n) is 7.12. The summed E-state index contributed by atoms with van der Waals surface area (Å²) in [6, 6.07) is 7.21. The van der Waals surface area contributed by atoms with Gasteiger partial charge >= 0.3 is 130 Å². The molecule has 114 valence electrons. The van der Waals surface area contributed by atoms with Gasteiger partial charge in [0.2, 0.25) is 0 Å². The van der Waals surface area contributed by atoms with Crippen LogP contribution in [0, 0.1) is 0 Å². The van der Waals surface area contributed by atoms with Crippen molar-refractivity contribution in [2.75, 3.05) is 6.61 Å². The summed E-state index contributed by atoms with van der Waals surface area (Å²) >= 11 is 12.6. The van der Waals surface area contributed by atoms with Gasteiger partial charge in [-0.25, -0.2) is 0 Å². The van der Waals surface area contributed by atoms with Gasteiger partial charge in [-0.05, 0) is 0 Å². The van der Waals surface area contributed by atoms with Crippen LogP contribution >= 0.6 is 28.5 Å². The maximum absolute atomic E-state index is 6.28. The number of para-hydroxylation sites is 2. The molecule has 2 rings (SSSR count). The maximum atomic E-state index is 6.28. The standard InChI is InChI=1S/C14H21Cl2O3P/c1-2-3-4-5-6-9-12-17-20(15,16)18-13-10-7-8-11-14(13)19-20/h7-8,10-11H,2-6,9,12H2,1H3. The molecule has 20 heavy (non-hydrogen) atoms. The molecule has 0 radical (unpaired) electrons. The molecule has 0 fully saturated rings.